The van der Waals surface area contributed by atoms with Crippen molar-refractivity contribution in [2.75, 3.05) is 5.32 Å². The smallest absolute Gasteiger partial charge is 0.317 e. The Labute approximate surface area is 103 Å². The van der Waals surface area contributed by atoms with Gasteiger partial charge in [-0.25, -0.2) is 4.79 Å². The first-order valence-electron chi connectivity index (χ1n) is 4.41. The molecule has 100 valence electrons. The Morgan fingerprint density at radius 3 is 1.68 bits per heavy atom. The number of anilines is 1. The second-order valence-corrected chi connectivity index (χ2v) is 3.12. The van der Waals surface area contributed by atoms with Crippen LogP contribution in [-0.4, -0.2) is 20.8 Å². The van der Waals surface area contributed by atoms with E-state index in [0.717, 1.165) is 0 Å². The topological polar surface area (TPSA) is 185 Å². The van der Waals surface area contributed by atoms with Crippen LogP contribution in [0.25, 0.3) is 0 Å². The van der Waals surface area contributed by atoms with Crippen molar-refractivity contribution in [3.8, 4) is 0 Å². The van der Waals surface area contributed by atoms with Gasteiger partial charge in [-0.15, -0.1) is 0 Å². The van der Waals surface area contributed by atoms with Gasteiger partial charge in [-0.1, -0.05) is 0 Å². The molecular weight excluding hydrogens is 266 g/mol. The second kappa shape index (κ2) is 4.91. The molecule has 2 amide bonds. The van der Waals surface area contributed by atoms with Gasteiger partial charge in [-0.05, 0) is 0 Å². The molecule has 0 heterocycles. The lowest BCUT2D eigenvalue weighted by Gasteiger charge is -2.04. The SMILES string of the molecule is NC(=O)Nc1c([N+](=O)[O-])cc([N+](=O)[O-])cc1[N+](=O)[O-]. The van der Waals surface area contributed by atoms with Crippen molar-refractivity contribution in [2.45, 2.75) is 0 Å². The first kappa shape index (κ1) is 13.8. The third-order valence-electron chi connectivity index (χ3n) is 1.93. The lowest BCUT2D eigenvalue weighted by Crippen LogP contribution is -2.21. The minimum atomic E-state index is -1.28. The Bertz CT molecular complexity index is 562. The number of primary amides is 1. The third kappa shape index (κ3) is 2.87. The Morgan fingerprint density at radius 2 is 1.42 bits per heavy atom. The molecule has 0 fully saturated rings. The van der Waals surface area contributed by atoms with E-state index in [0.29, 0.717) is 12.1 Å². The van der Waals surface area contributed by atoms with Crippen LogP contribution in [0, 0.1) is 30.3 Å². The quantitative estimate of drug-likeness (QED) is 0.601. The van der Waals surface area contributed by atoms with Crippen LogP contribution in [0.5, 0.6) is 0 Å². The number of amides is 2. The summed E-state index contributed by atoms with van der Waals surface area (Å²) in [7, 11) is 0. The number of nitro benzene ring substituents is 3. The monoisotopic (exact) mass is 271 g/mol. The maximum absolute atomic E-state index is 10.7. The Hall–Kier alpha value is -3.31. The van der Waals surface area contributed by atoms with Crippen LogP contribution < -0.4 is 11.1 Å². The summed E-state index contributed by atoms with van der Waals surface area (Å²) in [6.45, 7) is 0. The molecule has 19 heavy (non-hydrogen) atoms. The van der Waals surface area contributed by atoms with Crippen molar-refractivity contribution in [2.24, 2.45) is 5.73 Å². The molecule has 0 atom stereocenters. The highest BCUT2D eigenvalue weighted by molar-refractivity contribution is 5.94. The molecule has 0 spiro atoms. The highest BCUT2D eigenvalue weighted by atomic mass is 16.6. The second-order valence-electron chi connectivity index (χ2n) is 3.12. The molecule has 1 rings (SSSR count). The lowest BCUT2D eigenvalue weighted by molar-refractivity contribution is -0.401. The van der Waals surface area contributed by atoms with Crippen LogP contribution >= 0.6 is 0 Å². The number of non-ortho nitro benzene ring substituents is 1. The zero-order valence-corrected chi connectivity index (χ0v) is 8.93. The van der Waals surface area contributed by atoms with Gasteiger partial charge < -0.3 is 5.73 Å². The van der Waals surface area contributed by atoms with E-state index in [1.54, 1.807) is 5.32 Å². The molecule has 0 aliphatic carbocycles. The molecule has 0 bridgehead atoms. The van der Waals surface area contributed by atoms with Gasteiger partial charge in [-0.3, -0.25) is 35.7 Å². The van der Waals surface area contributed by atoms with Crippen LogP contribution in [-0.2, 0) is 0 Å². The number of benzene rings is 1. The van der Waals surface area contributed by atoms with E-state index in [4.69, 9.17) is 5.73 Å². The fraction of sp³-hybridized carbons (Fsp3) is 0. The summed E-state index contributed by atoms with van der Waals surface area (Å²) >= 11 is 0. The van der Waals surface area contributed by atoms with Crippen molar-refractivity contribution in [3.63, 3.8) is 0 Å². The van der Waals surface area contributed by atoms with Gasteiger partial charge in [0.25, 0.3) is 5.69 Å². The maximum atomic E-state index is 10.7. The largest absolute Gasteiger partial charge is 0.351 e. The highest BCUT2D eigenvalue weighted by Gasteiger charge is 2.31. The molecule has 12 nitrogen and oxygen atoms in total. The van der Waals surface area contributed by atoms with Crippen LogP contribution in [0.3, 0.4) is 0 Å². The van der Waals surface area contributed by atoms with E-state index < -0.39 is 43.6 Å². The summed E-state index contributed by atoms with van der Waals surface area (Å²) in [5.41, 5.74) is 1.07. The van der Waals surface area contributed by atoms with Crippen molar-refractivity contribution in [1.29, 1.82) is 0 Å². The summed E-state index contributed by atoms with van der Waals surface area (Å²) in [6, 6.07) is -0.309. The summed E-state index contributed by atoms with van der Waals surface area (Å²) < 4.78 is 0. The van der Waals surface area contributed by atoms with Gasteiger partial charge in [0.2, 0.25) is 5.69 Å². The first-order valence-corrected chi connectivity index (χ1v) is 4.41. The van der Waals surface area contributed by atoms with Crippen LogP contribution in [0.4, 0.5) is 27.5 Å². The predicted molar refractivity (Wildman–Crippen MR) is 59.6 cm³/mol. The Balaban J connectivity index is 3.64. The van der Waals surface area contributed by atoms with E-state index in [2.05, 4.69) is 0 Å². The van der Waals surface area contributed by atoms with Crippen LogP contribution in [0.15, 0.2) is 12.1 Å². The molecule has 3 N–H and O–H groups in total. The summed E-state index contributed by atoms with van der Waals surface area (Å²) in [4.78, 5) is 39.4. The molecule has 0 aliphatic heterocycles. The minimum Gasteiger partial charge on any atom is -0.351 e. The van der Waals surface area contributed by atoms with Crippen LogP contribution in [0.2, 0.25) is 0 Å². The average Bonchev–Trinajstić information content (AvgIpc) is 2.27. The third-order valence-corrected chi connectivity index (χ3v) is 1.93. The number of nitrogens with zero attached hydrogens (tertiary/aromatic N) is 3. The summed E-state index contributed by atoms with van der Waals surface area (Å²) in [5, 5.41) is 33.7. The van der Waals surface area contributed by atoms with E-state index >= 15 is 0 Å². The van der Waals surface area contributed by atoms with Gasteiger partial charge in [0.05, 0.1) is 26.9 Å². The van der Waals surface area contributed by atoms with Crippen molar-refractivity contribution < 1.29 is 19.6 Å². The Kier molecular flexibility index (Phi) is 3.55. The van der Waals surface area contributed by atoms with E-state index in [1.807, 2.05) is 0 Å². The number of rotatable bonds is 4. The molecule has 0 aliphatic rings. The van der Waals surface area contributed by atoms with Gasteiger partial charge in [0.1, 0.15) is 0 Å². The zero-order chi connectivity index (χ0) is 14.7. The van der Waals surface area contributed by atoms with Gasteiger partial charge in [0, 0.05) is 0 Å². The average molecular weight is 271 g/mol. The number of hydrogen-bond acceptors (Lipinski definition) is 7. The summed E-state index contributed by atoms with van der Waals surface area (Å²) in [6.07, 6.45) is 0. The normalized spacial score (nSPS) is 9.68. The fourth-order valence-electron chi connectivity index (χ4n) is 1.24. The highest BCUT2D eigenvalue weighted by Crippen LogP contribution is 2.38. The molecule has 0 saturated heterocycles. The van der Waals surface area contributed by atoms with Crippen LogP contribution in [0.1, 0.15) is 0 Å². The number of urea groups is 1. The molecule has 0 radical (unpaired) electrons. The van der Waals surface area contributed by atoms with E-state index in [1.165, 1.54) is 0 Å². The standard InChI is InChI=1S/C7H5N5O7/c8-7(13)9-6-4(11(16)17)1-3(10(14)15)2-5(6)12(18)19/h1-2H,(H3,8,9,13). The van der Waals surface area contributed by atoms with Gasteiger partial charge in [0.15, 0.2) is 0 Å². The first-order chi connectivity index (χ1) is 8.73. The molecule has 0 saturated carbocycles. The molecule has 1 aromatic carbocycles. The van der Waals surface area contributed by atoms with E-state index in [-0.39, 0.29) is 0 Å². The number of nitrogens with one attached hydrogen (secondary N) is 1. The van der Waals surface area contributed by atoms with Gasteiger partial charge >= 0.3 is 17.4 Å². The molecule has 12 heteroatoms. The summed E-state index contributed by atoms with van der Waals surface area (Å²) in [5.74, 6) is 0. The van der Waals surface area contributed by atoms with Gasteiger partial charge in [-0.2, -0.15) is 0 Å². The number of nitrogens with two attached hydrogens (primary N) is 1. The molecule has 0 aromatic heterocycles. The van der Waals surface area contributed by atoms with Crippen molar-refractivity contribution in [3.05, 3.63) is 42.5 Å². The maximum Gasteiger partial charge on any atom is 0.317 e. The van der Waals surface area contributed by atoms with E-state index in [9.17, 15) is 35.1 Å². The number of carbonyl (C=O) groups is 1. The zero-order valence-electron chi connectivity index (χ0n) is 8.93. The lowest BCUT2D eigenvalue weighted by atomic mass is 10.2. The number of nitro groups is 3. The molecule has 0 unspecified atom stereocenters. The van der Waals surface area contributed by atoms with Crippen molar-refractivity contribution in [1.82, 2.24) is 0 Å². The minimum absolute atomic E-state index is 0.484. The van der Waals surface area contributed by atoms with Crippen molar-refractivity contribution >= 4 is 28.8 Å². The number of carbonyl (C=O) groups excluding carboxylic acids is 1. The predicted octanol–water partition coefficient (Wildman–Crippen LogP) is 0.902. The molecular formula is C7H5N5O7. The molecule has 1 aromatic rings. The Morgan fingerprint density at radius 1 is 1.00 bits per heavy atom. The number of hydrogen-bond donors (Lipinski definition) is 2. The fourth-order valence-corrected chi connectivity index (χ4v) is 1.24.